The number of hydrogen-bond donors (Lipinski definition) is 1. The zero-order valence-corrected chi connectivity index (χ0v) is 10.4. The lowest BCUT2D eigenvalue weighted by Crippen LogP contribution is -2.27. The SMILES string of the molecule is FC(F)(F)CONC1c2ccccc2-c2ccccc21. The molecule has 0 heterocycles. The van der Waals surface area contributed by atoms with Crippen LogP contribution in [-0.2, 0) is 4.84 Å². The molecule has 0 aromatic heterocycles. The summed E-state index contributed by atoms with van der Waals surface area (Å²) in [5.74, 6) is 0. The molecule has 3 rings (SSSR count). The van der Waals surface area contributed by atoms with E-state index in [2.05, 4.69) is 10.3 Å². The number of rotatable bonds is 3. The van der Waals surface area contributed by atoms with Gasteiger partial charge >= 0.3 is 6.18 Å². The highest BCUT2D eigenvalue weighted by Crippen LogP contribution is 2.42. The highest BCUT2D eigenvalue weighted by atomic mass is 19.4. The number of halogens is 3. The Morgan fingerprint density at radius 2 is 1.40 bits per heavy atom. The Hall–Kier alpha value is -1.85. The van der Waals surface area contributed by atoms with Gasteiger partial charge in [-0.3, -0.25) is 4.84 Å². The highest BCUT2D eigenvalue weighted by molar-refractivity contribution is 5.78. The third kappa shape index (κ3) is 2.42. The summed E-state index contributed by atoms with van der Waals surface area (Å²) in [6, 6.07) is 14.9. The average molecular weight is 279 g/mol. The quantitative estimate of drug-likeness (QED) is 0.862. The molecule has 0 spiro atoms. The maximum absolute atomic E-state index is 12.2. The minimum Gasteiger partial charge on any atom is -0.291 e. The van der Waals surface area contributed by atoms with Gasteiger partial charge in [0, 0.05) is 0 Å². The maximum atomic E-state index is 12.2. The normalized spacial score (nSPS) is 14.2. The predicted octanol–water partition coefficient (Wildman–Crippen LogP) is 3.84. The van der Waals surface area contributed by atoms with Crippen LogP contribution in [0.1, 0.15) is 17.2 Å². The summed E-state index contributed by atoms with van der Waals surface area (Å²) in [5.41, 5.74) is 6.43. The smallest absolute Gasteiger partial charge is 0.291 e. The molecule has 1 N–H and O–H groups in total. The average Bonchev–Trinajstić information content (AvgIpc) is 2.73. The molecule has 2 aromatic rings. The van der Waals surface area contributed by atoms with Crippen molar-refractivity contribution in [1.29, 1.82) is 0 Å². The minimum atomic E-state index is -4.34. The Bertz CT molecular complexity index is 579. The number of benzene rings is 2. The van der Waals surface area contributed by atoms with Gasteiger partial charge in [-0.2, -0.15) is 18.7 Å². The van der Waals surface area contributed by atoms with Crippen LogP contribution in [0.5, 0.6) is 0 Å². The first-order valence-corrected chi connectivity index (χ1v) is 6.18. The van der Waals surface area contributed by atoms with E-state index in [1.165, 1.54) is 0 Å². The fourth-order valence-electron chi connectivity index (χ4n) is 2.49. The van der Waals surface area contributed by atoms with Gasteiger partial charge in [-0.15, -0.1) is 0 Å². The number of alkyl halides is 3. The molecule has 1 aliphatic rings. The van der Waals surface area contributed by atoms with Crippen LogP contribution in [0.4, 0.5) is 13.2 Å². The molecule has 20 heavy (non-hydrogen) atoms. The van der Waals surface area contributed by atoms with E-state index in [1.54, 1.807) is 0 Å². The summed E-state index contributed by atoms with van der Waals surface area (Å²) in [6.07, 6.45) is -4.34. The van der Waals surface area contributed by atoms with Crippen molar-refractivity contribution in [2.24, 2.45) is 0 Å². The molecular weight excluding hydrogens is 267 g/mol. The monoisotopic (exact) mass is 279 g/mol. The second-order valence-corrected chi connectivity index (χ2v) is 4.63. The first-order chi connectivity index (χ1) is 9.56. The van der Waals surface area contributed by atoms with Gasteiger partial charge in [0.2, 0.25) is 0 Å². The van der Waals surface area contributed by atoms with E-state index in [-0.39, 0.29) is 6.04 Å². The lowest BCUT2D eigenvalue weighted by atomic mass is 10.1. The molecule has 0 saturated heterocycles. The topological polar surface area (TPSA) is 21.3 Å². The van der Waals surface area contributed by atoms with E-state index in [9.17, 15) is 13.2 Å². The maximum Gasteiger partial charge on any atom is 0.413 e. The van der Waals surface area contributed by atoms with Crippen LogP contribution >= 0.6 is 0 Å². The van der Waals surface area contributed by atoms with Crippen molar-refractivity contribution in [2.75, 3.05) is 6.61 Å². The Labute approximate surface area is 114 Å². The van der Waals surface area contributed by atoms with Crippen molar-refractivity contribution in [3.63, 3.8) is 0 Å². The summed E-state index contributed by atoms with van der Waals surface area (Å²) in [5, 5.41) is 0. The Morgan fingerprint density at radius 1 is 0.900 bits per heavy atom. The fourth-order valence-corrected chi connectivity index (χ4v) is 2.49. The zero-order chi connectivity index (χ0) is 14.2. The van der Waals surface area contributed by atoms with E-state index < -0.39 is 12.8 Å². The molecule has 0 unspecified atom stereocenters. The van der Waals surface area contributed by atoms with Gasteiger partial charge in [0.1, 0.15) is 0 Å². The molecule has 2 aromatic carbocycles. The second-order valence-electron chi connectivity index (χ2n) is 4.63. The van der Waals surface area contributed by atoms with Crippen molar-refractivity contribution >= 4 is 0 Å². The van der Waals surface area contributed by atoms with E-state index in [4.69, 9.17) is 0 Å². The second kappa shape index (κ2) is 4.92. The van der Waals surface area contributed by atoms with Crippen LogP contribution in [0.2, 0.25) is 0 Å². The van der Waals surface area contributed by atoms with Crippen LogP contribution in [0.3, 0.4) is 0 Å². The van der Waals surface area contributed by atoms with E-state index in [0.29, 0.717) is 0 Å². The van der Waals surface area contributed by atoms with Crippen molar-refractivity contribution in [1.82, 2.24) is 5.48 Å². The van der Waals surface area contributed by atoms with Crippen molar-refractivity contribution in [2.45, 2.75) is 12.2 Å². The minimum absolute atomic E-state index is 0.371. The molecular formula is C15H12F3NO. The summed E-state index contributed by atoms with van der Waals surface area (Å²) < 4.78 is 36.5. The molecule has 0 saturated carbocycles. The molecule has 0 bridgehead atoms. The van der Waals surface area contributed by atoms with Crippen LogP contribution < -0.4 is 5.48 Å². The van der Waals surface area contributed by atoms with Gasteiger partial charge < -0.3 is 0 Å². The van der Waals surface area contributed by atoms with Gasteiger partial charge in [0.15, 0.2) is 6.61 Å². The van der Waals surface area contributed by atoms with Crippen LogP contribution in [0, 0.1) is 0 Å². The zero-order valence-electron chi connectivity index (χ0n) is 10.4. The van der Waals surface area contributed by atoms with Gasteiger partial charge in [0.25, 0.3) is 0 Å². The number of nitrogens with one attached hydrogen (secondary N) is 1. The van der Waals surface area contributed by atoms with Crippen LogP contribution in [-0.4, -0.2) is 12.8 Å². The Kier molecular flexibility index (Phi) is 3.23. The molecule has 0 amide bonds. The largest absolute Gasteiger partial charge is 0.413 e. The van der Waals surface area contributed by atoms with Crippen LogP contribution in [0.25, 0.3) is 11.1 Å². The predicted molar refractivity (Wildman–Crippen MR) is 68.9 cm³/mol. The summed E-state index contributed by atoms with van der Waals surface area (Å²) in [6.45, 7) is -1.31. The van der Waals surface area contributed by atoms with Gasteiger partial charge in [0.05, 0.1) is 6.04 Å². The number of fused-ring (bicyclic) bond motifs is 3. The lowest BCUT2D eigenvalue weighted by molar-refractivity contribution is -0.191. The summed E-state index contributed by atoms with van der Waals surface area (Å²) in [4.78, 5) is 4.62. The van der Waals surface area contributed by atoms with Crippen molar-refractivity contribution < 1.29 is 18.0 Å². The molecule has 5 heteroatoms. The third-order valence-corrected chi connectivity index (χ3v) is 3.27. The molecule has 0 atom stereocenters. The molecule has 1 aliphatic carbocycles. The molecule has 0 aliphatic heterocycles. The molecule has 104 valence electrons. The van der Waals surface area contributed by atoms with E-state index in [0.717, 1.165) is 22.3 Å². The van der Waals surface area contributed by atoms with Crippen molar-refractivity contribution in [3.05, 3.63) is 59.7 Å². The highest BCUT2D eigenvalue weighted by Gasteiger charge is 2.31. The van der Waals surface area contributed by atoms with E-state index >= 15 is 0 Å². The molecule has 2 nitrogen and oxygen atoms in total. The summed E-state index contributed by atoms with van der Waals surface area (Å²) in [7, 11) is 0. The van der Waals surface area contributed by atoms with Crippen LogP contribution in [0.15, 0.2) is 48.5 Å². The first kappa shape index (κ1) is 13.1. The van der Waals surface area contributed by atoms with E-state index in [1.807, 2.05) is 48.5 Å². The van der Waals surface area contributed by atoms with Gasteiger partial charge in [-0.05, 0) is 22.3 Å². The van der Waals surface area contributed by atoms with Gasteiger partial charge in [-0.25, -0.2) is 0 Å². The third-order valence-electron chi connectivity index (χ3n) is 3.27. The number of hydrogen-bond acceptors (Lipinski definition) is 2. The molecule has 0 radical (unpaired) electrons. The first-order valence-electron chi connectivity index (χ1n) is 6.18. The van der Waals surface area contributed by atoms with Gasteiger partial charge in [-0.1, -0.05) is 48.5 Å². The van der Waals surface area contributed by atoms with Crippen molar-refractivity contribution in [3.8, 4) is 11.1 Å². The molecule has 0 fully saturated rings. The summed E-state index contributed by atoms with van der Waals surface area (Å²) >= 11 is 0. The number of hydroxylamine groups is 1. The lowest BCUT2D eigenvalue weighted by Gasteiger charge is -2.16. The Balaban J connectivity index is 1.87. The fraction of sp³-hybridized carbons (Fsp3) is 0.200. The standard InChI is InChI=1S/C15H12F3NO/c16-15(17,18)9-20-19-14-12-7-3-1-5-10(12)11-6-2-4-8-13(11)14/h1-8,14,19H,9H2. The Morgan fingerprint density at radius 3 is 1.90 bits per heavy atom.